The zero-order valence-electron chi connectivity index (χ0n) is 10.6. The summed E-state index contributed by atoms with van der Waals surface area (Å²) in [5, 5.41) is 9.50. The van der Waals surface area contributed by atoms with Crippen LogP contribution < -0.4 is 5.43 Å². The van der Waals surface area contributed by atoms with E-state index in [-0.39, 0.29) is 16.6 Å². The number of aryl methyl sites for hydroxylation is 1. The van der Waals surface area contributed by atoms with E-state index in [1.165, 1.54) is 18.3 Å². The summed E-state index contributed by atoms with van der Waals surface area (Å²) < 4.78 is 38.7. The number of rotatable bonds is 2. The van der Waals surface area contributed by atoms with Crippen LogP contribution >= 0.6 is 0 Å². The summed E-state index contributed by atoms with van der Waals surface area (Å²) >= 11 is 0. The van der Waals surface area contributed by atoms with Gasteiger partial charge in [0.15, 0.2) is 5.43 Å². The van der Waals surface area contributed by atoms with Gasteiger partial charge in [-0.25, -0.2) is 4.73 Å². The van der Waals surface area contributed by atoms with E-state index in [0.717, 1.165) is 18.3 Å². The van der Waals surface area contributed by atoms with E-state index in [2.05, 4.69) is 0 Å². The highest BCUT2D eigenvalue weighted by atomic mass is 19.4. The van der Waals surface area contributed by atoms with Crippen LogP contribution in [0.3, 0.4) is 0 Å². The molecule has 0 amide bonds. The summed E-state index contributed by atoms with van der Waals surface area (Å²) in [6, 6.07) is 4.48. The van der Waals surface area contributed by atoms with Crippen molar-refractivity contribution in [2.24, 2.45) is 0 Å². The molecular formula is C14H12F3NO2. The van der Waals surface area contributed by atoms with Gasteiger partial charge in [0, 0.05) is 11.1 Å². The SMILES string of the molecule is CCc1cn(O)cc(-c2cccc(C(F)(F)F)c2)c1=O. The molecule has 20 heavy (non-hydrogen) atoms. The first-order chi connectivity index (χ1) is 9.32. The molecule has 2 rings (SSSR count). The minimum Gasteiger partial charge on any atom is -0.429 e. The van der Waals surface area contributed by atoms with Gasteiger partial charge in [-0.2, -0.15) is 13.2 Å². The average Bonchev–Trinajstić information content (AvgIpc) is 2.40. The molecule has 3 nitrogen and oxygen atoms in total. The molecule has 1 heterocycles. The Hall–Kier alpha value is -2.24. The number of alkyl halides is 3. The third-order valence-corrected chi connectivity index (χ3v) is 2.97. The number of pyridine rings is 1. The average molecular weight is 283 g/mol. The van der Waals surface area contributed by atoms with Crippen molar-refractivity contribution in [1.82, 2.24) is 4.73 Å². The maximum absolute atomic E-state index is 12.7. The largest absolute Gasteiger partial charge is 0.429 e. The highest BCUT2D eigenvalue weighted by Crippen LogP contribution is 2.31. The fraction of sp³-hybridized carbons (Fsp3) is 0.214. The van der Waals surface area contributed by atoms with Gasteiger partial charge in [-0.05, 0) is 24.1 Å². The van der Waals surface area contributed by atoms with Gasteiger partial charge >= 0.3 is 6.18 Å². The van der Waals surface area contributed by atoms with Crippen molar-refractivity contribution in [2.75, 3.05) is 0 Å². The molecule has 0 aliphatic heterocycles. The molecule has 0 spiro atoms. The van der Waals surface area contributed by atoms with Crippen molar-refractivity contribution >= 4 is 0 Å². The lowest BCUT2D eigenvalue weighted by molar-refractivity contribution is -0.137. The molecule has 0 unspecified atom stereocenters. The third kappa shape index (κ3) is 2.68. The van der Waals surface area contributed by atoms with E-state index < -0.39 is 11.7 Å². The van der Waals surface area contributed by atoms with E-state index in [0.29, 0.717) is 16.7 Å². The van der Waals surface area contributed by atoms with Crippen LogP contribution in [0.4, 0.5) is 13.2 Å². The monoisotopic (exact) mass is 283 g/mol. The number of aromatic nitrogens is 1. The molecule has 0 fully saturated rings. The van der Waals surface area contributed by atoms with Gasteiger partial charge in [-0.15, -0.1) is 0 Å². The Morgan fingerprint density at radius 3 is 2.55 bits per heavy atom. The smallest absolute Gasteiger partial charge is 0.416 e. The molecule has 0 saturated carbocycles. The van der Waals surface area contributed by atoms with Gasteiger partial charge in [0.2, 0.25) is 0 Å². The van der Waals surface area contributed by atoms with Crippen LogP contribution in [0.25, 0.3) is 11.1 Å². The molecule has 1 N–H and O–H groups in total. The van der Waals surface area contributed by atoms with Crippen LogP contribution in [-0.2, 0) is 12.6 Å². The topological polar surface area (TPSA) is 42.2 Å². The van der Waals surface area contributed by atoms with Gasteiger partial charge < -0.3 is 5.21 Å². The Labute approximate surface area is 112 Å². The van der Waals surface area contributed by atoms with Crippen molar-refractivity contribution in [3.05, 3.63) is 58.0 Å². The summed E-state index contributed by atoms with van der Waals surface area (Å²) in [5.74, 6) is 0. The van der Waals surface area contributed by atoms with Gasteiger partial charge in [0.05, 0.1) is 18.0 Å². The summed E-state index contributed by atoms with van der Waals surface area (Å²) in [7, 11) is 0. The number of benzene rings is 1. The first kappa shape index (κ1) is 14.2. The normalized spacial score (nSPS) is 11.6. The first-order valence-electron chi connectivity index (χ1n) is 5.95. The minimum absolute atomic E-state index is 0.0398. The second-order valence-electron chi connectivity index (χ2n) is 4.34. The van der Waals surface area contributed by atoms with Crippen LogP contribution in [-0.4, -0.2) is 9.94 Å². The molecule has 6 heteroatoms. The minimum atomic E-state index is -4.48. The van der Waals surface area contributed by atoms with E-state index in [9.17, 15) is 23.2 Å². The lowest BCUT2D eigenvalue weighted by Crippen LogP contribution is -2.14. The predicted molar refractivity (Wildman–Crippen MR) is 67.7 cm³/mol. The fourth-order valence-corrected chi connectivity index (χ4v) is 1.94. The second kappa shape index (κ2) is 5.03. The zero-order chi connectivity index (χ0) is 14.9. The molecule has 0 aliphatic rings. The third-order valence-electron chi connectivity index (χ3n) is 2.97. The van der Waals surface area contributed by atoms with Gasteiger partial charge in [0.25, 0.3) is 0 Å². The van der Waals surface area contributed by atoms with E-state index >= 15 is 0 Å². The molecule has 106 valence electrons. The molecule has 2 aromatic rings. The Kier molecular flexibility index (Phi) is 3.57. The van der Waals surface area contributed by atoms with E-state index in [4.69, 9.17) is 0 Å². The van der Waals surface area contributed by atoms with Crippen LogP contribution in [0, 0.1) is 0 Å². The van der Waals surface area contributed by atoms with Gasteiger partial charge in [-0.3, -0.25) is 4.79 Å². The summed E-state index contributed by atoms with van der Waals surface area (Å²) in [4.78, 5) is 12.1. The van der Waals surface area contributed by atoms with Crippen molar-refractivity contribution in [3.8, 4) is 11.1 Å². The van der Waals surface area contributed by atoms with Crippen molar-refractivity contribution in [1.29, 1.82) is 0 Å². The van der Waals surface area contributed by atoms with Crippen molar-refractivity contribution in [3.63, 3.8) is 0 Å². The van der Waals surface area contributed by atoms with Crippen LogP contribution in [0.5, 0.6) is 0 Å². The van der Waals surface area contributed by atoms with E-state index in [1.54, 1.807) is 6.92 Å². The van der Waals surface area contributed by atoms with Crippen molar-refractivity contribution in [2.45, 2.75) is 19.5 Å². The number of hydrogen-bond acceptors (Lipinski definition) is 2. The van der Waals surface area contributed by atoms with Gasteiger partial charge in [-0.1, -0.05) is 19.1 Å². The Morgan fingerprint density at radius 2 is 1.95 bits per heavy atom. The molecule has 1 aromatic carbocycles. The molecule has 0 bridgehead atoms. The van der Waals surface area contributed by atoms with Crippen LogP contribution in [0.2, 0.25) is 0 Å². The summed E-state index contributed by atoms with van der Waals surface area (Å²) in [5.41, 5.74) is -0.707. The van der Waals surface area contributed by atoms with Crippen LogP contribution in [0.1, 0.15) is 18.1 Å². The number of halogens is 3. The summed E-state index contributed by atoms with van der Waals surface area (Å²) in [6.07, 6.45) is -1.74. The Balaban J connectivity index is 2.63. The van der Waals surface area contributed by atoms with Gasteiger partial charge in [0.1, 0.15) is 0 Å². The van der Waals surface area contributed by atoms with Crippen molar-refractivity contribution < 1.29 is 18.4 Å². The number of hydrogen-bond donors (Lipinski definition) is 1. The highest BCUT2D eigenvalue weighted by Gasteiger charge is 2.30. The van der Waals surface area contributed by atoms with E-state index in [1.807, 2.05) is 0 Å². The Morgan fingerprint density at radius 1 is 1.25 bits per heavy atom. The Bertz CT molecular complexity index is 690. The first-order valence-corrected chi connectivity index (χ1v) is 5.95. The molecular weight excluding hydrogens is 271 g/mol. The lowest BCUT2D eigenvalue weighted by Gasteiger charge is -2.10. The maximum atomic E-state index is 12.7. The number of nitrogens with zero attached hydrogens (tertiary/aromatic N) is 1. The predicted octanol–water partition coefficient (Wildman–Crippen LogP) is 3.33. The molecule has 0 radical (unpaired) electrons. The quantitative estimate of drug-likeness (QED) is 0.859. The molecule has 1 aromatic heterocycles. The highest BCUT2D eigenvalue weighted by molar-refractivity contribution is 5.64. The maximum Gasteiger partial charge on any atom is 0.416 e. The second-order valence-corrected chi connectivity index (χ2v) is 4.34. The standard InChI is InChI=1S/C14H12F3NO2/c1-2-9-7-18(20)8-12(13(9)19)10-4-3-5-11(6-10)14(15,16)17/h3-8,20H,2H2,1H3. The lowest BCUT2D eigenvalue weighted by atomic mass is 10.0. The molecule has 0 saturated heterocycles. The molecule has 0 atom stereocenters. The summed E-state index contributed by atoms with van der Waals surface area (Å²) in [6.45, 7) is 1.73. The van der Waals surface area contributed by atoms with Crippen LogP contribution in [0.15, 0.2) is 41.5 Å². The fourth-order valence-electron chi connectivity index (χ4n) is 1.94. The molecule has 0 aliphatic carbocycles. The zero-order valence-corrected chi connectivity index (χ0v) is 10.6.